The van der Waals surface area contributed by atoms with Crippen LogP contribution < -0.4 is 0 Å². The molecule has 0 aromatic heterocycles. The second-order valence-electron chi connectivity index (χ2n) is 6.81. The lowest BCUT2D eigenvalue weighted by Crippen LogP contribution is -2.32. The van der Waals surface area contributed by atoms with Gasteiger partial charge >= 0.3 is 0 Å². The van der Waals surface area contributed by atoms with Crippen LogP contribution in [0.1, 0.15) is 35.7 Å². The van der Waals surface area contributed by atoms with E-state index in [1.165, 1.54) is 21.3 Å². The predicted molar refractivity (Wildman–Crippen MR) is 109 cm³/mol. The largest absolute Gasteiger partial charge is 0.334 e. The molecule has 5 nitrogen and oxygen atoms in total. The van der Waals surface area contributed by atoms with Crippen molar-refractivity contribution < 1.29 is 22.0 Å². The zero-order valence-electron chi connectivity index (χ0n) is 15.9. The summed E-state index contributed by atoms with van der Waals surface area (Å²) in [5.41, 5.74) is 0.364. The maximum atomic E-state index is 14.3. The first-order valence-corrected chi connectivity index (χ1v) is 11.5. The van der Waals surface area contributed by atoms with E-state index in [0.29, 0.717) is 23.1 Å². The van der Waals surface area contributed by atoms with Gasteiger partial charge in [-0.05, 0) is 56.2 Å². The van der Waals surface area contributed by atoms with E-state index < -0.39 is 32.5 Å². The van der Waals surface area contributed by atoms with Gasteiger partial charge in [-0.1, -0.05) is 15.9 Å². The van der Waals surface area contributed by atoms with Gasteiger partial charge in [-0.25, -0.2) is 17.2 Å². The average Bonchev–Trinajstić information content (AvgIpc) is 3.24. The fourth-order valence-corrected chi connectivity index (χ4v) is 5.30. The molecular weight excluding hydrogens is 466 g/mol. The molecule has 1 aliphatic heterocycles. The number of hydrogen-bond acceptors (Lipinski definition) is 3. The van der Waals surface area contributed by atoms with E-state index in [9.17, 15) is 22.0 Å². The van der Waals surface area contributed by atoms with Crippen LogP contribution in [0.5, 0.6) is 0 Å². The Morgan fingerprint density at radius 2 is 1.76 bits per heavy atom. The Morgan fingerprint density at radius 3 is 2.41 bits per heavy atom. The van der Waals surface area contributed by atoms with Crippen LogP contribution in [0.2, 0.25) is 0 Å². The summed E-state index contributed by atoms with van der Waals surface area (Å²) in [6, 6.07) is 7.76. The third-order valence-electron chi connectivity index (χ3n) is 4.90. The van der Waals surface area contributed by atoms with Crippen LogP contribution in [-0.2, 0) is 16.6 Å². The van der Waals surface area contributed by atoms with Gasteiger partial charge < -0.3 is 4.90 Å². The van der Waals surface area contributed by atoms with Gasteiger partial charge in [-0.15, -0.1) is 0 Å². The average molecular weight is 487 g/mol. The van der Waals surface area contributed by atoms with Crippen LogP contribution in [0.15, 0.2) is 45.8 Å². The molecule has 0 atom stereocenters. The normalized spacial score (nSPS) is 14.9. The standard InChI is InChI=1S/C20H21BrF2N2O3S/c1-2-24(13-15-11-16(21)6-8-17(15)22)20(26)14-5-7-18(23)19(12-14)29(27,28)25-9-3-4-10-25/h5-8,11-12H,2-4,9-10,13H2,1H3. The first kappa shape index (κ1) is 21.9. The second-order valence-corrected chi connectivity index (χ2v) is 9.63. The molecule has 0 bridgehead atoms. The van der Waals surface area contributed by atoms with Gasteiger partial charge in [0.25, 0.3) is 5.91 Å². The molecule has 0 N–H and O–H groups in total. The first-order chi connectivity index (χ1) is 13.7. The van der Waals surface area contributed by atoms with Gasteiger partial charge in [0.2, 0.25) is 10.0 Å². The van der Waals surface area contributed by atoms with E-state index in [4.69, 9.17) is 0 Å². The molecule has 156 valence electrons. The molecule has 2 aromatic carbocycles. The summed E-state index contributed by atoms with van der Waals surface area (Å²) in [6.45, 7) is 2.69. The van der Waals surface area contributed by atoms with E-state index in [2.05, 4.69) is 15.9 Å². The lowest BCUT2D eigenvalue weighted by Gasteiger charge is -2.22. The Bertz CT molecular complexity index is 1020. The summed E-state index contributed by atoms with van der Waals surface area (Å²) in [4.78, 5) is 13.8. The minimum Gasteiger partial charge on any atom is -0.334 e. The molecular formula is C20H21BrF2N2O3S. The van der Waals surface area contributed by atoms with E-state index >= 15 is 0 Å². The minimum absolute atomic E-state index is 0.00614. The number of nitrogens with zero attached hydrogens (tertiary/aromatic N) is 2. The number of amides is 1. The highest BCUT2D eigenvalue weighted by atomic mass is 79.9. The summed E-state index contributed by atoms with van der Waals surface area (Å²) in [5.74, 6) is -1.84. The van der Waals surface area contributed by atoms with Crippen LogP contribution in [0.3, 0.4) is 0 Å². The fraction of sp³-hybridized carbons (Fsp3) is 0.350. The predicted octanol–water partition coefficient (Wildman–Crippen LogP) is 4.17. The topological polar surface area (TPSA) is 57.7 Å². The smallest absolute Gasteiger partial charge is 0.254 e. The van der Waals surface area contributed by atoms with E-state index in [-0.39, 0.29) is 18.7 Å². The molecule has 1 heterocycles. The molecule has 9 heteroatoms. The van der Waals surface area contributed by atoms with E-state index in [1.54, 1.807) is 19.1 Å². The molecule has 1 aliphatic rings. The summed E-state index contributed by atoms with van der Waals surface area (Å²) in [5, 5.41) is 0. The van der Waals surface area contributed by atoms with Crippen molar-refractivity contribution in [3.63, 3.8) is 0 Å². The van der Waals surface area contributed by atoms with Crippen LogP contribution in [0.25, 0.3) is 0 Å². The highest BCUT2D eigenvalue weighted by Crippen LogP contribution is 2.25. The number of hydrogen-bond donors (Lipinski definition) is 0. The second kappa shape index (κ2) is 8.89. The van der Waals surface area contributed by atoms with Crippen molar-refractivity contribution in [2.24, 2.45) is 0 Å². The number of carbonyl (C=O) groups excluding carboxylic acids is 1. The lowest BCUT2D eigenvalue weighted by atomic mass is 10.1. The Hall–Kier alpha value is -1.84. The van der Waals surface area contributed by atoms with Crippen LogP contribution >= 0.6 is 15.9 Å². The number of benzene rings is 2. The van der Waals surface area contributed by atoms with Crippen molar-refractivity contribution in [1.82, 2.24) is 9.21 Å². The van der Waals surface area contributed by atoms with Crippen molar-refractivity contribution in [2.45, 2.75) is 31.2 Å². The number of halogens is 3. The number of carbonyl (C=O) groups is 1. The molecule has 1 amide bonds. The van der Waals surface area contributed by atoms with Gasteiger partial charge in [-0.3, -0.25) is 4.79 Å². The van der Waals surface area contributed by atoms with Gasteiger partial charge in [0.15, 0.2) is 0 Å². The Balaban J connectivity index is 1.91. The van der Waals surface area contributed by atoms with Crippen LogP contribution in [0, 0.1) is 11.6 Å². The highest BCUT2D eigenvalue weighted by molar-refractivity contribution is 9.10. The van der Waals surface area contributed by atoms with Crippen molar-refractivity contribution in [1.29, 1.82) is 0 Å². The zero-order valence-corrected chi connectivity index (χ0v) is 18.3. The molecule has 2 aromatic rings. The number of sulfonamides is 1. The highest BCUT2D eigenvalue weighted by Gasteiger charge is 2.31. The maximum Gasteiger partial charge on any atom is 0.254 e. The first-order valence-electron chi connectivity index (χ1n) is 9.27. The third-order valence-corrected chi connectivity index (χ3v) is 7.31. The summed E-state index contributed by atoms with van der Waals surface area (Å²) in [7, 11) is -4.01. The Morgan fingerprint density at radius 1 is 1.10 bits per heavy atom. The van der Waals surface area contributed by atoms with Crippen molar-refractivity contribution in [3.05, 3.63) is 63.6 Å². The maximum absolute atomic E-state index is 14.3. The van der Waals surface area contributed by atoms with Gasteiger partial charge in [0.1, 0.15) is 16.5 Å². The molecule has 3 rings (SSSR count). The van der Waals surface area contributed by atoms with Crippen molar-refractivity contribution in [3.8, 4) is 0 Å². The Kier molecular flexibility index (Phi) is 6.70. The summed E-state index contributed by atoms with van der Waals surface area (Å²) >= 11 is 3.28. The fourth-order valence-electron chi connectivity index (χ4n) is 3.28. The quantitative estimate of drug-likeness (QED) is 0.615. The summed E-state index contributed by atoms with van der Waals surface area (Å²) in [6.07, 6.45) is 1.45. The molecule has 0 aliphatic carbocycles. The molecule has 0 spiro atoms. The molecule has 1 saturated heterocycles. The van der Waals surface area contributed by atoms with Gasteiger partial charge in [0.05, 0.1) is 0 Å². The zero-order chi connectivity index (χ0) is 21.2. The molecule has 1 fully saturated rings. The SMILES string of the molecule is CCN(Cc1cc(Br)ccc1F)C(=O)c1ccc(F)c(S(=O)(=O)N2CCCC2)c1. The van der Waals surface area contributed by atoms with Crippen LogP contribution in [-0.4, -0.2) is 43.2 Å². The molecule has 0 radical (unpaired) electrons. The number of rotatable bonds is 6. The molecule has 0 unspecified atom stereocenters. The van der Waals surface area contributed by atoms with Crippen molar-refractivity contribution >= 4 is 31.9 Å². The van der Waals surface area contributed by atoms with Crippen LogP contribution in [0.4, 0.5) is 8.78 Å². The minimum atomic E-state index is -4.01. The monoisotopic (exact) mass is 486 g/mol. The molecule has 0 saturated carbocycles. The lowest BCUT2D eigenvalue weighted by molar-refractivity contribution is 0.0750. The molecule has 29 heavy (non-hydrogen) atoms. The van der Waals surface area contributed by atoms with Gasteiger partial charge in [-0.2, -0.15) is 4.31 Å². The van der Waals surface area contributed by atoms with Gasteiger partial charge in [0, 0.05) is 41.8 Å². The van der Waals surface area contributed by atoms with Crippen molar-refractivity contribution in [2.75, 3.05) is 19.6 Å². The third kappa shape index (κ3) is 4.67. The Labute approximate surface area is 177 Å². The van der Waals surface area contributed by atoms with E-state index in [0.717, 1.165) is 25.0 Å². The van der Waals surface area contributed by atoms with E-state index in [1.807, 2.05) is 0 Å². The summed E-state index contributed by atoms with van der Waals surface area (Å²) < 4.78 is 55.8.